The van der Waals surface area contributed by atoms with Crippen molar-refractivity contribution in [1.82, 2.24) is 9.97 Å². The third kappa shape index (κ3) is 3.69. The van der Waals surface area contributed by atoms with E-state index in [1.54, 1.807) is 0 Å². The maximum atomic E-state index is 6.06. The summed E-state index contributed by atoms with van der Waals surface area (Å²) in [5.41, 5.74) is 1.80. The molecule has 0 aliphatic carbocycles. The van der Waals surface area contributed by atoms with Crippen molar-refractivity contribution in [3.63, 3.8) is 0 Å². The molecule has 112 valence electrons. The number of aromatic nitrogens is 2. The second-order valence-electron chi connectivity index (χ2n) is 4.42. The van der Waals surface area contributed by atoms with Gasteiger partial charge < -0.3 is 0 Å². The van der Waals surface area contributed by atoms with Gasteiger partial charge in [-0.15, -0.1) is 0 Å². The molecule has 3 aromatic rings. The number of hydrogen-bond acceptors (Lipinski definition) is 3. The molecule has 0 N–H and O–H groups in total. The van der Waals surface area contributed by atoms with Crippen LogP contribution >= 0.6 is 62.5 Å². The predicted molar refractivity (Wildman–Crippen MR) is 97.0 cm³/mol. The van der Waals surface area contributed by atoms with Gasteiger partial charge in [0.15, 0.2) is 0 Å². The Balaban J connectivity index is 2.11. The van der Waals surface area contributed by atoms with Crippen LogP contribution in [0.2, 0.25) is 0 Å². The summed E-state index contributed by atoms with van der Waals surface area (Å²) in [4.78, 5) is 10.1. The van der Waals surface area contributed by atoms with Gasteiger partial charge in [-0.1, -0.05) is 74.6 Å². The monoisotopic (exact) mass is 432 g/mol. The SMILES string of the molecule is ClC(Cl)(Cl)c1nc2ccccc2nc1Sc1ccc(Br)cc1. The van der Waals surface area contributed by atoms with E-state index in [0.29, 0.717) is 16.2 Å². The summed E-state index contributed by atoms with van der Waals surface area (Å²) in [6.07, 6.45) is 0. The quantitative estimate of drug-likeness (QED) is 0.438. The second kappa shape index (κ2) is 6.54. The molecule has 22 heavy (non-hydrogen) atoms. The molecule has 0 atom stereocenters. The maximum absolute atomic E-state index is 6.06. The van der Waals surface area contributed by atoms with E-state index in [4.69, 9.17) is 34.8 Å². The Morgan fingerprint density at radius 2 is 1.45 bits per heavy atom. The fourth-order valence-electron chi connectivity index (χ4n) is 1.85. The first-order valence-electron chi connectivity index (χ1n) is 6.21. The minimum Gasteiger partial charge on any atom is -0.244 e. The van der Waals surface area contributed by atoms with E-state index in [1.165, 1.54) is 11.8 Å². The Labute approximate surface area is 155 Å². The largest absolute Gasteiger partial charge is 0.244 e. The van der Waals surface area contributed by atoms with E-state index in [0.717, 1.165) is 14.9 Å². The van der Waals surface area contributed by atoms with E-state index < -0.39 is 3.79 Å². The third-order valence-corrected chi connectivity index (χ3v) is 4.89. The van der Waals surface area contributed by atoms with Gasteiger partial charge in [0.1, 0.15) is 10.7 Å². The molecule has 0 spiro atoms. The average molecular weight is 435 g/mol. The third-order valence-electron chi connectivity index (χ3n) is 2.84. The van der Waals surface area contributed by atoms with E-state index >= 15 is 0 Å². The van der Waals surface area contributed by atoms with Crippen LogP contribution in [-0.2, 0) is 3.79 Å². The smallest absolute Gasteiger partial charge is 0.235 e. The maximum Gasteiger partial charge on any atom is 0.235 e. The first-order valence-corrected chi connectivity index (χ1v) is 8.95. The molecule has 0 bridgehead atoms. The minimum absolute atomic E-state index is 0.337. The molecular weight excluding hydrogens is 427 g/mol. The lowest BCUT2D eigenvalue weighted by Crippen LogP contribution is -2.08. The molecule has 0 amide bonds. The number of hydrogen-bond donors (Lipinski definition) is 0. The van der Waals surface area contributed by atoms with Crippen molar-refractivity contribution in [2.24, 2.45) is 0 Å². The molecule has 7 heteroatoms. The molecule has 3 rings (SSSR count). The van der Waals surface area contributed by atoms with Gasteiger partial charge in [-0.25, -0.2) is 9.97 Å². The van der Waals surface area contributed by atoms with Crippen LogP contribution in [0.1, 0.15) is 5.69 Å². The fraction of sp³-hybridized carbons (Fsp3) is 0.0667. The molecule has 2 aromatic carbocycles. The Hall–Kier alpha value is -0.520. The van der Waals surface area contributed by atoms with Gasteiger partial charge in [-0.2, -0.15) is 0 Å². The highest BCUT2D eigenvalue weighted by Gasteiger charge is 2.30. The molecular formula is C15H8BrCl3N2S. The summed E-state index contributed by atoms with van der Waals surface area (Å²) in [7, 11) is 0. The van der Waals surface area contributed by atoms with Gasteiger partial charge in [0.2, 0.25) is 3.79 Å². The van der Waals surface area contributed by atoms with Crippen LogP contribution in [0.3, 0.4) is 0 Å². The zero-order valence-corrected chi connectivity index (χ0v) is 15.6. The number of fused-ring (bicyclic) bond motifs is 1. The molecule has 1 aromatic heterocycles. The summed E-state index contributed by atoms with van der Waals surface area (Å²) < 4.78 is -0.627. The average Bonchev–Trinajstić information content (AvgIpc) is 2.48. The Morgan fingerprint density at radius 3 is 2.05 bits per heavy atom. The Kier molecular flexibility index (Phi) is 4.86. The van der Waals surface area contributed by atoms with Gasteiger partial charge >= 0.3 is 0 Å². The summed E-state index contributed by atoms with van der Waals surface area (Å²) >= 11 is 23.0. The number of benzene rings is 2. The van der Waals surface area contributed by atoms with Crippen molar-refractivity contribution in [2.75, 3.05) is 0 Å². The van der Waals surface area contributed by atoms with Gasteiger partial charge in [0.25, 0.3) is 0 Å². The summed E-state index contributed by atoms with van der Waals surface area (Å²) in [6, 6.07) is 15.3. The van der Waals surface area contributed by atoms with Crippen LogP contribution in [0.4, 0.5) is 0 Å². The van der Waals surface area contributed by atoms with E-state index in [1.807, 2.05) is 48.5 Å². The van der Waals surface area contributed by atoms with Crippen LogP contribution in [0.15, 0.2) is 62.9 Å². The van der Waals surface area contributed by atoms with Crippen LogP contribution in [0.5, 0.6) is 0 Å². The van der Waals surface area contributed by atoms with Crippen molar-refractivity contribution in [1.29, 1.82) is 0 Å². The van der Waals surface area contributed by atoms with Crippen molar-refractivity contribution in [3.8, 4) is 0 Å². The molecule has 0 fully saturated rings. The highest BCUT2D eigenvalue weighted by Crippen LogP contribution is 2.43. The zero-order valence-electron chi connectivity index (χ0n) is 10.9. The van der Waals surface area contributed by atoms with E-state index in [-0.39, 0.29) is 0 Å². The molecule has 0 saturated carbocycles. The number of para-hydroxylation sites is 2. The molecule has 0 aliphatic rings. The van der Waals surface area contributed by atoms with Crippen LogP contribution in [0, 0.1) is 0 Å². The Morgan fingerprint density at radius 1 is 0.864 bits per heavy atom. The van der Waals surface area contributed by atoms with Crippen molar-refractivity contribution < 1.29 is 0 Å². The number of rotatable bonds is 2. The van der Waals surface area contributed by atoms with Gasteiger partial charge in [0, 0.05) is 9.37 Å². The molecule has 2 nitrogen and oxygen atoms in total. The molecule has 1 heterocycles. The second-order valence-corrected chi connectivity index (χ2v) is 8.68. The van der Waals surface area contributed by atoms with Crippen molar-refractivity contribution in [2.45, 2.75) is 13.7 Å². The highest BCUT2D eigenvalue weighted by molar-refractivity contribution is 9.10. The molecule has 0 unspecified atom stereocenters. The van der Waals surface area contributed by atoms with Crippen LogP contribution in [0.25, 0.3) is 11.0 Å². The minimum atomic E-state index is -1.63. The van der Waals surface area contributed by atoms with E-state index in [2.05, 4.69) is 25.9 Å². The zero-order chi connectivity index (χ0) is 15.7. The van der Waals surface area contributed by atoms with Crippen LogP contribution < -0.4 is 0 Å². The van der Waals surface area contributed by atoms with Gasteiger partial charge in [-0.05, 0) is 36.4 Å². The van der Waals surface area contributed by atoms with Crippen molar-refractivity contribution in [3.05, 3.63) is 58.7 Å². The normalized spacial score (nSPS) is 11.8. The number of nitrogens with zero attached hydrogens (tertiary/aromatic N) is 2. The lowest BCUT2D eigenvalue weighted by atomic mass is 10.3. The number of halogens is 4. The number of alkyl halides is 3. The lowest BCUT2D eigenvalue weighted by Gasteiger charge is -2.15. The van der Waals surface area contributed by atoms with Crippen LogP contribution in [-0.4, -0.2) is 9.97 Å². The molecule has 0 saturated heterocycles. The summed E-state index contributed by atoms with van der Waals surface area (Å²) in [5.74, 6) is 0. The Bertz CT molecular complexity index is 819. The lowest BCUT2D eigenvalue weighted by molar-refractivity contribution is 0.970. The highest BCUT2D eigenvalue weighted by atomic mass is 79.9. The first kappa shape index (κ1) is 16.3. The van der Waals surface area contributed by atoms with E-state index in [9.17, 15) is 0 Å². The van der Waals surface area contributed by atoms with Gasteiger partial charge in [-0.3, -0.25) is 0 Å². The van der Waals surface area contributed by atoms with Gasteiger partial charge in [0.05, 0.1) is 11.0 Å². The summed E-state index contributed by atoms with van der Waals surface area (Å²) in [6.45, 7) is 0. The standard InChI is InChI=1S/C15H8BrCl3N2S/c16-9-5-7-10(8-6-9)22-14-13(15(17,18)19)20-11-3-1-2-4-12(11)21-14/h1-8H. The topological polar surface area (TPSA) is 25.8 Å². The fourth-order valence-corrected chi connectivity index (χ4v) is 3.62. The molecule has 0 aliphatic heterocycles. The molecule has 0 radical (unpaired) electrons. The predicted octanol–water partition coefficient (Wildman–Crippen LogP) is 6.37. The summed E-state index contributed by atoms with van der Waals surface area (Å²) in [5, 5.41) is 0.584. The first-order chi connectivity index (χ1) is 10.4. The van der Waals surface area contributed by atoms with Crippen molar-refractivity contribution >= 4 is 73.5 Å².